The van der Waals surface area contributed by atoms with Crippen molar-refractivity contribution >= 4 is 6.29 Å². The molecule has 0 amide bonds. The zero-order chi connectivity index (χ0) is 2.71. The second-order valence-electron chi connectivity index (χ2n) is 0.236. The van der Waals surface area contributed by atoms with E-state index in [1.54, 1.807) is 0 Å². The zero-order valence-electron chi connectivity index (χ0n) is 4.34. The quantitative estimate of drug-likeness (QED) is 0.272. The molecule has 1 nitrogen and oxygen atoms in total. The normalized spacial score (nSPS) is 2.17. The number of rotatable bonds is 0. The van der Waals surface area contributed by atoms with Gasteiger partial charge in [0.2, 0.25) is 0 Å². The summed E-state index contributed by atoms with van der Waals surface area (Å²) in [5.74, 6) is 0. The molecule has 0 atom stereocenters. The maximum Gasteiger partial charge on any atom is 2.00 e. The number of aldehydes is 1. The first-order valence-electron chi connectivity index (χ1n) is 0.813. The van der Waals surface area contributed by atoms with Crippen molar-refractivity contribution in [2.24, 2.45) is 0 Å². The summed E-state index contributed by atoms with van der Waals surface area (Å²) in [7, 11) is 0. The van der Waals surface area contributed by atoms with Gasteiger partial charge >= 0.3 is 17.1 Å². The van der Waals surface area contributed by atoms with Crippen LogP contribution in [-0.2, 0) is 21.9 Å². The molecule has 0 aromatic heterocycles. The van der Waals surface area contributed by atoms with Crippen molar-refractivity contribution in [1.29, 1.82) is 0 Å². The van der Waals surface area contributed by atoms with Crippen LogP contribution in [0.25, 0.3) is 0 Å². The number of hydrogen-bond acceptors (Lipinski definition) is 1. The standard InChI is InChI=1S/C2H4O.2CH3.Fe/c1-2-3;;;/h2H,1H3;2*1H3;/q;2*-1;+2. The van der Waals surface area contributed by atoms with Crippen LogP contribution in [0, 0.1) is 14.9 Å². The largest absolute Gasteiger partial charge is 2.00 e. The third kappa shape index (κ3) is 1190. The molecular formula is C4H10FeO. The SMILES string of the molecule is CC=O.[CH3-].[CH3-].[Fe+2]. The van der Waals surface area contributed by atoms with E-state index >= 15 is 0 Å². The third-order valence-corrected chi connectivity index (χ3v) is 0. The minimum atomic E-state index is 0. The van der Waals surface area contributed by atoms with E-state index in [0.717, 1.165) is 6.29 Å². The molecule has 0 aromatic rings. The Labute approximate surface area is 50.6 Å². The van der Waals surface area contributed by atoms with Crippen molar-refractivity contribution in [3.8, 4) is 0 Å². The van der Waals surface area contributed by atoms with Gasteiger partial charge in [0.15, 0.2) is 0 Å². The van der Waals surface area contributed by atoms with Gasteiger partial charge < -0.3 is 19.6 Å². The van der Waals surface area contributed by atoms with Crippen LogP contribution in [0.4, 0.5) is 0 Å². The number of hydrogen-bond donors (Lipinski definition) is 0. The van der Waals surface area contributed by atoms with E-state index in [2.05, 4.69) is 0 Å². The second kappa shape index (κ2) is 64.4. The molecule has 0 rings (SSSR count). The van der Waals surface area contributed by atoms with Gasteiger partial charge in [-0.2, -0.15) is 0 Å². The molecule has 0 aliphatic carbocycles. The van der Waals surface area contributed by atoms with Crippen LogP contribution in [0.1, 0.15) is 6.92 Å². The van der Waals surface area contributed by atoms with Crippen molar-refractivity contribution in [1.82, 2.24) is 0 Å². The average molecular weight is 130 g/mol. The minimum Gasteiger partial charge on any atom is -0.358 e. The van der Waals surface area contributed by atoms with Crippen molar-refractivity contribution in [2.75, 3.05) is 0 Å². The molecule has 0 N–H and O–H groups in total. The Balaban J connectivity index is -0.00000000667. The number of carbonyl (C=O) groups is 1. The van der Waals surface area contributed by atoms with Crippen LogP contribution in [0.2, 0.25) is 0 Å². The zero-order valence-corrected chi connectivity index (χ0v) is 5.44. The molecule has 0 radical (unpaired) electrons. The Morgan fingerprint density at radius 2 is 1.33 bits per heavy atom. The smallest absolute Gasteiger partial charge is 0.358 e. The van der Waals surface area contributed by atoms with Crippen LogP contribution in [0.5, 0.6) is 0 Å². The topological polar surface area (TPSA) is 17.1 Å². The Hall–Kier alpha value is 0.189. The molecular weight excluding hydrogens is 120 g/mol. The van der Waals surface area contributed by atoms with E-state index < -0.39 is 0 Å². The van der Waals surface area contributed by atoms with Crippen molar-refractivity contribution < 1.29 is 21.9 Å². The Morgan fingerprint density at radius 1 is 1.33 bits per heavy atom. The predicted octanol–water partition coefficient (Wildman–Crippen LogP) is 1.10. The van der Waals surface area contributed by atoms with Crippen LogP contribution in [-0.4, -0.2) is 6.29 Å². The molecule has 2 heteroatoms. The van der Waals surface area contributed by atoms with E-state index in [1.165, 1.54) is 6.92 Å². The average Bonchev–Trinajstić information content (AvgIpc) is 0.918. The Morgan fingerprint density at radius 3 is 1.33 bits per heavy atom. The molecule has 0 spiro atoms. The maximum atomic E-state index is 8.81. The van der Waals surface area contributed by atoms with Crippen LogP contribution < -0.4 is 0 Å². The Kier molecular flexibility index (Phi) is 373. The van der Waals surface area contributed by atoms with Gasteiger partial charge in [-0.05, 0) is 6.92 Å². The van der Waals surface area contributed by atoms with Crippen molar-refractivity contribution in [3.05, 3.63) is 14.9 Å². The van der Waals surface area contributed by atoms with Gasteiger partial charge in [-0.25, -0.2) is 0 Å². The van der Waals surface area contributed by atoms with Gasteiger partial charge in [-0.15, -0.1) is 0 Å². The summed E-state index contributed by atoms with van der Waals surface area (Å²) in [5, 5.41) is 0. The molecule has 0 fully saturated rings. The fraction of sp³-hybridized carbons (Fsp3) is 0.250. The first kappa shape index (κ1) is 34.8. The van der Waals surface area contributed by atoms with E-state index in [4.69, 9.17) is 4.79 Å². The van der Waals surface area contributed by atoms with E-state index in [1.807, 2.05) is 0 Å². The van der Waals surface area contributed by atoms with Gasteiger partial charge in [0.05, 0.1) is 0 Å². The summed E-state index contributed by atoms with van der Waals surface area (Å²) in [6, 6.07) is 0. The molecule has 6 heavy (non-hydrogen) atoms. The molecule has 40 valence electrons. The van der Waals surface area contributed by atoms with Crippen molar-refractivity contribution in [3.63, 3.8) is 0 Å². The number of carbonyl (C=O) groups excluding carboxylic acids is 1. The van der Waals surface area contributed by atoms with E-state index in [0.29, 0.717) is 0 Å². The fourth-order valence-corrected chi connectivity index (χ4v) is 0. The molecule has 0 saturated carbocycles. The first-order valence-corrected chi connectivity index (χ1v) is 0.813. The van der Waals surface area contributed by atoms with Gasteiger partial charge in [0.25, 0.3) is 0 Å². The molecule has 0 aromatic carbocycles. The Bertz CT molecular complexity index is 15.0. The molecule has 0 unspecified atom stereocenters. The molecule has 0 aliphatic heterocycles. The van der Waals surface area contributed by atoms with E-state index in [-0.39, 0.29) is 31.9 Å². The van der Waals surface area contributed by atoms with Crippen LogP contribution in [0.15, 0.2) is 0 Å². The first-order chi connectivity index (χ1) is 1.41. The fourth-order valence-electron chi connectivity index (χ4n) is 0. The summed E-state index contributed by atoms with van der Waals surface area (Å²) in [6.07, 6.45) is 0.750. The third-order valence-electron chi connectivity index (χ3n) is 0. The second-order valence-corrected chi connectivity index (χ2v) is 0.236. The summed E-state index contributed by atoms with van der Waals surface area (Å²) < 4.78 is 0. The molecule has 0 saturated heterocycles. The van der Waals surface area contributed by atoms with Crippen LogP contribution in [0.3, 0.4) is 0 Å². The summed E-state index contributed by atoms with van der Waals surface area (Å²) in [4.78, 5) is 8.81. The monoisotopic (exact) mass is 130 g/mol. The van der Waals surface area contributed by atoms with Gasteiger partial charge in [-0.1, -0.05) is 0 Å². The van der Waals surface area contributed by atoms with Gasteiger partial charge in [0, 0.05) is 0 Å². The van der Waals surface area contributed by atoms with Gasteiger partial charge in [-0.3, -0.25) is 0 Å². The van der Waals surface area contributed by atoms with Crippen LogP contribution >= 0.6 is 0 Å². The molecule has 0 heterocycles. The van der Waals surface area contributed by atoms with Crippen molar-refractivity contribution in [2.45, 2.75) is 6.92 Å². The van der Waals surface area contributed by atoms with E-state index in [9.17, 15) is 0 Å². The summed E-state index contributed by atoms with van der Waals surface area (Å²) >= 11 is 0. The summed E-state index contributed by atoms with van der Waals surface area (Å²) in [6.45, 7) is 1.44. The van der Waals surface area contributed by atoms with Gasteiger partial charge in [0.1, 0.15) is 6.29 Å². The maximum absolute atomic E-state index is 8.81. The minimum absolute atomic E-state index is 0. The molecule has 0 aliphatic rings. The molecule has 0 bridgehead atoms. The predicted molar refractivity (Wildman–Crippen MR) is 24.6 cm³/mol. The summed E-state index contributed by atoms with van der Waals surface area (Å²) in [5.41, 5.74) is 0.